The number of sulfonamides is 1. The van der Waals surface area contributed by atoms with Gasteiger partial charge in [-0.3, -0.25) is 0 Å². The van der Waals surface area contributed by atoms with Crippen LogP contribution in [0.5, 0.6) is 0 Å². The second kappa shape index (κ2) is 7.66. The number of anilines is 1. The van der Waals surface area contributed by atoms with Gasteiger partial charge in [-0.2, -0.15) is 11.8 Å². The highest BCUT2D eigenvalue weighted by molar-refractivity contribution is 7.98. The number of nitrogens with two attached hydrogens (primary N) is 1. The fourth-order valence-electron chi connectivity index (χ4n) is 1.63. The average molecular weight is 288 g/mol. The Morgan fingerprint density at radius 1 is 1.22 bits per heavy atom. The maximum atomic E-state index is 11.4. The molecule has 0 spiro atoms. The number of unbranched alkanes of at least 4 members (excludes halogenated alkanes) is 2. The van der Waals surface area contributed by atoms with Crippen LogP contribution in [0.1, 0.15) is 19.3 Å². The Morgan fingerprint density at radius 2 is 1.94 bits per heavy atom. The maximum absolute atomic E-state index is 11.4. The molecule has 4 nitrogen and oxygen atoms in total. The molecule has 0 radical (unpaired) electrons. The van der Waals surface area contributed by atoms with Gasteiger partial charge in [0.15, 0.2) is 0 Å². The number of nitrogens with one attached hydrogen (secondary N) is 1. The van der Waals surface area contributed by atoms with Crippen molar-refractivity contribution in [3.8, 4) is 0 Å². The van der Waals surface area contributed by atoms with Gasteiger partial charge in [0, 0.05) is 6.54 Å². The lowest BCUT2D eigenvalue weighted by atomic mass is 10.2. The summed E-state index contributed by atoms with van der Waals surface area (Å²) in [5.74, 6) is 1.17. The van der Waals surface area contributed by atoms with E-state index in [0.29, 0.717) is 5.69 Å². The van der Waals surface area contributed by atoms with Gasteiger partial charge in [-0.1, -0.05) is 18.6 Å². The third-order valence-electron chi connectivity index (χ3n) is 2.53. The third kappa shape index (κ3) is 5.29. The average Bonchev–Trinajstić information content (AvgIpc) is 2.33. The van der Waals surface area contributed by atoms with Crippen molar-refractivity contribution in [3.63, 3.8) is 0 Å². The first-order valence-electron chi connectivity index (χ1n) is 5.90. The van der Waals surface area contributed by atoms with Gasteiger partial charge in [-0.05, 0) is 37.0 Å². The van der Waals surface area contributed by atoms with E-state index in [1.807, 2.05) is 11.8 Å². The summed E-state index contributed by atoms with van der Waals surface area (Å²) >= 11 is 1.85. The molecule has 0 bridgehead atoms. The predicted molar refractivity (Wildman–Crippen MR) is 78.5 cm³/mol. The Balaban J connectivity index is 2.48. The van der Waals surface area contributed by atoms with Gasteiger partial charge in [0.05, 0.1) is 5.69 Å². The molecule has 3 N–H and O–H groups in total. The molecule has 0 heterocycles. The number of hydrogen-bond acceptors (Lipinski definition) is 4. The summed E-state index contributed by atoms with van der Waals surface area (Å²) in [7, 11) is -3.65. The standard InChI is InChI=1S/C12H20N2O2S2/c1-17-10-6-2-5-9-14-11-7-3-4-8-12(11)18(13,15)16/h3-4,7-8,14H,2,5-6,9-10H2,1H3,(H2,13,15,16). The van der Waals surface area contributed by atoms with Crippen LogP contribution in [0.15, 0.2) is 29.2 Å². The zero-order valence-corrected chi connectivity index (χ0v) is 12.2. The van der Waals surface area contributed by atoms with E-state index in [2.05, 4.69) is 11.6 Å². The van der Waals surface area contributed by atoms with E-state index in [4.69, 9.17) is 5.14 Å². The third-order valence-corrected chi connectivity index (χ3v) is 4.20. The van der Waals surface area contributed by atoms with Crippen molar-refractivity contribution < 1.29 is 8.42 Å². The van der Waals surface area contributed by atoms with E-state index >= 15 is 0 Å². The minimum atomic E-state index is -3.65. The van der Waals surface area contributed by atoms with Crippen molar-refractivity contribution in [1.82, 2.24) is 0 Å². The monoisotopic (exact) mass is 288 g/mol. The van der Waals surface area contributed by atoms with Crippen LogP contribution in [0.3, 0.4) is 0 Å². The van der Waals surface area contributed by atoms with Crippen LogP contribution in [0, 0.1) is 0 Å². The van der Waals surface area contributed by atoms with Crippen molar-refractivity contribution in [2.45, 2.75) is 24.2 Å². The molecular formula is C12H20N2O2S2. The molecule has 18 heavy (non-hydrogen) atoms. The number of primary sulfonamides is 1. The Bertz CT molecular complexity index is 461. The first-order chi connectivity index (χ1) is 8.55. The summed E-state index contributed by atoms with van der Waals surface area (Å²) in [6, 6.07) is 6.72. The highest BCUT2D eigenvalue weighted by Crippen LogP contribution is 2.19. The lowest BCUT2D eigenvalue weighted by molar-refractivity contribution is 0.598. The van der Waals surface area contributed by atoms with E-state index in [1.54, 1.807) is 18.2 Å². The van der Waals surface area contributed by atoms with Crippen LogP contribution in [0.2, 0.25) is 0 Å². The van der Waals surface area contributed by atoms with Crippen LogP contribution in [-0.2, 0) is 10.0 Å². The Kier molecular flexibility index (Phi) is 6.52. The number of thioether (sulfide) groups is 1. The van der Waals surface area contributed by atoms with E-state index < -0.39 is 10.0 Å². The van der Waals surface area contributed by atoms with Crippen molar-refractivity contribution in [2.24, 2.45) is 5.14 Å². The quantitative estimate of drug-likeness (QED) is 0.720. The molecule has 1 aromatic rings. The zero-order chi connectivity index (χ0) is 13.4. The molecule has 0 unspecified atom stereocenters. The number of para-hydroxylation sites is 1. The first-order valence-corrected chi connectivity index (χ1v) is 8.84. The van der Waals surface area contributed by atoms with E-state index in [-0.39, 0.29) is 4.90 Å². The molecule has 1 rings (SSSR count). The van der Waals surface area contributed by atoms with Gasteiger partial charge in [-0.15, -0.1) is 0 Å². The van der Waals surface area contributed by atoms with Gasteiger partial charge >= 0.3 is 0 Å². The van der Waals surface area contributed by atoms with Gasteiger partial charge in [0.25, 0.3) is 0 Å². The molecule has 1 aromatic carbocycles. The number of hydrogen-bond donors (Lipinski definition) is 2. The molecule has 0 aromatic heterocycles. The minimum absolute atomic E-state index is 0.161. The van der Waals surface area contributed by atoms with Crippen LogP contribution in [0.25, 0.3) is 0 Å². The van der Waals surface area contributed by atoms with Crippen molar-refractivity contribution in [3.05, 3.63) is 24.3 Å². The molecule has 6 heteroatoms. The fraction of sp³-hybridized carbons (Fsp3) is 0.500. The topological polar surface area (TPSA) is 72.2 Å². The van der Waals surface area contributed by atoms with Crippen LogP contribution >= 0.6 is 11.8 Å². The summed E-state index contributed by atoms with van der Waals surface area (Å²) in [4.78, 5) is 0.161. The largest absolute Gasteiger partial charge is 0.384 e. The molecule has 0 atom stereocenters. The Morgan fingerprint density at radius 3 is 2.61 bits per heavy atom. The highest BCUT2D eigenvalue weighted by atomic mass is 32.2. The van der Waals surface area contributed by atoms with Crippen LogP contribution < -0.4 is 10.5 Å². The van der Waals surface area contributed by atoms with Crippen LogP contribution in [0.4, 0.5) is 5.69 Å². The maximum Gasteiger partial charge on any atom is 0.240 e. The lowest BCUT2D eigenvalue weighted by Crippen LogP contribution is -2.15. The van der Waals surface area contributed by atoms with E-state index in [9.17, 15) is 8.42 Å². The smallest absolute Gasteiger partial charge is 0.240 e. The second-order valence-corrected chi connectivity index (χ2v) is 6.54. The molecule has 0 saturated heterocycles. The molecule has 0 aliphatic rings. The minimum Gasteiger partial charge on any atom is -0.384 e. The van der Waals surface area contributed by atoms with Gasteiger partial charge in [0.2, 0.25) is 10.0 Å². The Hall–Kier alpha value is -0.720. The Labute approximate surface area is 113 Å². The second-order valence-electron chi connectivity index (χ2n) is 4.02. The summed E-state index contributed by atoms with van der Waals surface area (Å²) in [5.41, 5.74) is 0.588. The van der Waals surface area contributed by atoms with Gasteiger partial charge in [-0.25, -0.2) is 13.6 Å². The van der Waals surface area contributed by atoms with Crippen molar-refractivity contribution >= 4 is 27.5 Å². The summed E-state index contributed by atoms with van der Waals surface area (Å²) in [6.45, 7) is 0.765. The summed E-state index contributed by atoms with van der Waals surface area (Å²) in [5, 5.41) is 8.29. The molecule has 0 amide bonds. The van der Waals surface area contributed by atoms with Gasteiger partial charge < -0.3 is 5.32 Å². The number of rotatable bonds is 8. The van der Waals surface area contributed by atoms with E-state index in [0.717, 1.165) is 19.4 Å². The number of benzene rings is 1. The molecule has 102 valence electrons. The summed E-state index contributed by atoms with van der Waals surface area (Å²) in [6.07, 6.45) is 5.46. The molecular weight excluding hydrogens is 268 g/mol. The fourth-order valence-corrected chi connectivity index (χ4v) is 2.84. The van der Waals surface area contributed by atoms with Gasteiger partial charge in [0.1, 0.15) is 4.90 Å². The molecule has 0 saturated carbocycles. The van der Waals surface area contributed by atoms with Crippen molar-refractivity contribution in [2.75, 3.05) is 23.9 Å². The highest BCUT2D eigenvalue weighted by Gasteiger charge is 2.12. The molecule has 0 fully saturated rings. The van der Waals surface area contributed by atoms with E-state index in [1.165, 1.54) is 18.2 Å². The zero-order valence-electron chi connectivity index (χ0n) is 10.6. The van der Waals surface area contributed by atoms with Crippen LogP contribution in [-0.4, -0.2) is 27.0 Å². The first kappa shape index (κ1) is 15.3. The molecule has 0 aliphatic heterocycles. The normalized spacial score (nSPS) is 11.4. The predicted octanol–water partition coefficient (Wildman–Crippen LogP) is 2.28. The SMILES string of the molecule is CSCCCCCNc1ccccc1S(N)(=O)=O. The molecule has 0 aliphatic carbocycles. The summed E-state index contributed by atoms with van der Waals surface area (Å²) < 4.78 is 22.7. The lowest BCUT2D eigenvalue weighted by Gasteiger charge is -2.10. The van der Waals surface area contributed by atoms with Crippen molar-refractivity contribution in [1.29, 1.82) is 0 Å².